The number of benzene rings is 2. The van der Waals surface area contributed by atoms with Crippen LogP contribution in [0.15, 0.2) is 35.3 Å². The number of unbranched alkanes of at least 4 members (excludes halogenated alkanes) is 1. The summed E-state index contributed by atoms with van der Waals surface area (Å²) < 4.78 is 7.16. The van der Waals surface area contributed by atoms with E-state index in [1.807, 2.05) is 19.1 Å². The minimum absolute atomic E-state index is 0.0280. The molecule has 0 atom stereocenters. The van der Waals surface area contributed by atoms with Crippen molar-refractivity contribution in [2.75, 3.05) is 12.4 Å². The topological polar surface area (TPSA) is 70.9 Å². The lowest BCUT2D eigenvalue weighted by molar-refractivity contribution is -0.116. The molecule has 0 radical (unpaired) electrons. The number of nitrogens with one attached hydrogen (secondary N) is 1. The minimum Gasteiger partial charge on any atom is -0.506 e. The first-order chi connectivity index (χ1) is 12.4. The standard InChI is InChI=1S/C19H20I2N2O3/c1-3-4-5-18(24)23-16-7-6-14(10-17(16)26-2)22-11-12-8-13(20)9-15(21)19(12)25/h6-11,25H,3-5H2,1-2H3,(H,23,24). The molecule has 0 spiro atoms. The monoisotopic (exact) mass is 578 g/mol. The fraction of sp³-hybridized carbons (Fsp3) is 0.263. The third kappa shape index (κ3) is 5.83. The summed E-state index contributed by atoms with van der Waals surface area (Å²) in [5, 5.41) is 13.0. The number of phenols is 1. The molecule has 5 nitrogen and oxygen atoms in total. The summed E-state index contributed by atoms with van der Waals surface area (Å²) in [6.45, 7) is 2.05. The Balaban J connectivity index is 2.20. The Kier molecular flexibility index (Phi) is 8.14. The molecule has 138 valence electrons. The van der Waals surface area contributed by atoms with E-state index in [4.69, 9.17) is 4.74 Å². The summed E-state index contributed by atoms with van der Waals surface area (Å²) in [5.41, 5.74) is 1.94. The van der Waals surface area contributed by atoms with E-state index in [0.717, 1.165) is 20.0 Å². The quantitative estimate of drug-likeness (QED) is 0.338. The van der Waals surface area contributed by atoms with Crippen LogP contribution in [0.25, 0.3) is 0 Å². The second-order valence-corrected chi connectivity index (χ2v) is 8.03. The smallest absolute Gasteiger partial charge is 0.224 e. The van der Waals surface area contributed by atoms with Crippen LogP contribution in [-0.2, 0) is 4.79 Å². The number of amides is 1. The van der Waals surface area contributed by atoms with Gasteiger partial charge >= 0.3 is 0 Å². The van der Waals surface area contributed by atoms with Crippen LogP contribution < -0.4 is 10.1 Å². The lowest BCUT2D eigenvalue weighted by Gasteiger charge is -2.10. The molecule has 0 bridgehead atoms. The summed E-state index contributed by atoms with van der Waals surface area (Å²) in [4.78, 5) is 16.3. The molecule has 0 heterocycles. The molecular weight excluding hydrogens is 558 g/mol. The van der Waals surface area contributed by atoms with Crippen LogP contribution >= 0.6 is 45.2 Å². The van der Waals surface area contributed by atoms with Crippen molar-refractivity contribution in [1.29, 1.82) is 0 Å². The van der Waals surface area contributed by atoms with Crippen LogP contribution in [0.2, 0.25) is 0 Å². The van der Waals surface area contributed by atoms with Crippen LogP contribution in [-0.4, -0.2) is 24.3 Å². The minimum atomic E-state index is -0.0280. The lowest BCUT2D eigenvalue weighted by atomic mass is 10.2. The maximum Gasteiger partial charge on any atom is 0.224 e. The first-order valence-corrected chi connectivity index (χ1v) is 10.3. The van der Waals surface area contributed by atoms with Crippen LogP contribution in [0.5, 0.6) is 11.5 Å². The maximum atomic E-state index is 11.9. The van der Waals surface area contributed by atoms with E-state index in [1.54, 1.807) is 31.5 Å². The highest BCUT2D eigenvalue weighted by Gasteiger charge is 2.09. The first-order valence-electron chi connectivity index (χ1n) is 8.14. The molecule has 2 aromatic rings. The average Bonchev–Trinajstić information content (AvgIpc) is 2.62. The zero-order chi connectivity index (χ0) is 19.1. The van der Waals surface area contributed by atoms with Gasteiger partial charge < -0.3 is 15.2 Å². The Morgan fingerprint density at radius 1 is 1.31 bits per heavy atom. The Morgan fingerprint density at radius 2 is 2.08 bits per heavy atom. The Hall–Kier alpha value is -1.36. The number of anilines is 1. The number of aromatic hydroxyl groups is 1. The molecule has 2 rings (SSSR count). The molecule has 0 aliphatic heterocycles. The summed E-state index contributed by atoms with van der Waals surface area (Å²) >= 11 is 4.29. The van der Waals surface area contributed by atoms with E-state index in [9.17, 15) is 9.90 Å². The molecule has 0 aliphatic rings. The molecular formula is C19H20I2N2O3. The molecule has 2 aromatic carbocycles. The zero-order valence-corrected chi connectivity index (χ0v) is 18.9. The fourth-order valence-corrected chi connectivity index (χ4v) is 4.13. The van der Waals surface area contributed by atoms with Gasteiger partial charge in [-0.15, -0.1) is 0 Å². The van der Waals surface area contributed by atoms with E-state index in [0.29, 0.717) is 29.1 Å². The van der Waals surface area contributed by atoms with E-state index in [-0.39, 0.29) is 11.7 Å². The van der Waals surface area contributed by atoms with E-state index >= 15 is 0 Å². The number of carbonyl (C=O) groups excluding carboxylic acids is 1. The molecule has 26 heavy (non-hydrogen) atoms. The predicted molar refractivity (Wildman–Crippen MR) is 122 cm³/mol. The van der Waals surface area contributed by atoms with Gasteiger partial charge in [0.25, 0.3) is 0 Å². The van der Waals surface area contributed by atoms with Crippen molar-refractivity contribution in [3.05, 3.63) is 43.0 Å². The molecule has 0 aliphatic carbocycles. The number of nitrogens with zero attached hydrogens (tertiary/aromatic N) is 1. The van der Waals surface area contributed by atoms with Crippen molar-refractivity contribution in [3.63, 3.8) is 0 Å². The third-order valence-corrected chi connectivity index (χ3v) is 5.07. The largest absolute Gasteiger partial charge is 0.506 e. The van der Waals surface area contributed by atoms with Crippen molar-refractivity contribution in [2.45, 2.75) is 26.2 Å². The van der Waals surface area contributed by atoms with Gasteiger partial charge in [-0.2, -0.15) is 0 Å². The number of phenolic OH excluding ortho intramolecular Hbond substituents is 1. The van der Waals surface area contributed by atoms with Gasteiger partial charge in [0.05, 0.1) is 22.1 Å². The number of rotatable bonds is 7. The summed E-state index contributed by atoms with van der Waals surface area (Å²) in [7, 11) is 1.55. The summed E-state index contributed by atoms with van der Waals surface area (Å²) in [6.07, 6.45) is 3.94. The van der Waals surface area contributed by atoms with Crippen LogP contribution in [0.3, 0.4) is 0 Å². The maximum absolute atomic E-state index is 11.9. The zero-order valence-electron chi connectivity index (χ0n) is 14.6. The number of ether oxygens (including phenoxy) is 1. The molecule has 0 saturated carbocycles. The average molecular weight is 578 g/mol. The summed E-state index contributed by atoms with van der Waals surface area (Å²) in [5.74, 6) is 0.729. The highest BCUT2D eigenvalue weighted by Crippen LogP contribution is 2.30. The van der Waals surface area contributed by atoms with E-state index in [2.05, 4.69) is 55.5 Å². The number of halogens is 2. The van der Waals surface area contributed by atoms with Crippen molar-refractivity contribution >= 4 is 68.7 Å². The van der Waals surface area contributed by atoms with Crippen molar-refractivity contribution in [2.24, 2.45) is 4.99 Å². The van der Waals surface area contributed by atoms with Crippen molar-refractivity contribution < 1.29 is 14.6 Å². The molecule has 7 heteroatoms. The van der Waals surface area contributed by atoms with Gasteiger partial charge in [0.15, 0.2) is 0 Å². The molecule has 0 unspecified atom stereocenters. The van der Waals surface area contributed by atoms with Crippen molar-refractivity contribution in [1.82, 2.24) is 0 Å². The third-order valence-electron chi connectivity index (χ3n) is 3.63. The van der Waals surface area contributed by atoms with Gasteiger partial charge in [-0.25, -0.2) is 0 Å². The van der Waals surface area contributed by atoms with Crippen LogP contribution in [0.4, 0.5) is 11.4 Å². The Bertz CT molecular complexity index is 823. The highest BCUT2D eigenvalue weighted by atomic mass is 127. The molecule has 2 N–H and O–H groups in total. The molecule has 0 fully saturated rings. The molecule has 1 amide bonds. The SMILES string of the molecule is CCCCC(=O)Nc1ccc(N=Cc2cc(I)cc(I)c2O)cc1OC. The van der Waals surface area contributed by atoms with Gasteiger partial charge in [-0.1, -0.05) is 13.3 Å². The predicted octanol–water partition coefficient (Wildman–Crippen LogP) is 5.49. The van der Waals surface area contributed by atoms with Crippen LogP contribution in [0, 0.1) is 7.14 Å². The van der Waals surface area contributed by atoms with Gasteiger partial charge in [0.2, 0.25) is 5.91 Å². The number of aliphatic imine (C=N–C) groups is 1. The molecule has 0 aromatic heterocycles. The number of hydrogen-bond donors (Lipinski definition) is 2. The normalized spacial score (nSPS) is 10.9. The van der Waals surface area contributed by atoms with Crippen LogP contribution in [0.1, 0.15) is 31.7 Å². The molecule has 0 saturated heterocycles. The van der Waals surface area contributed by atoms with E-state index in [1.165, 1.54) is 0 Å². The van der Waals surface area contributed by atoms with Crippen molar-refractivity contribution in [3.8, 4) is 11.5 Å². The second-order valence-electron chi connectivity index (χ2n) is 5.62. The highest BCUT2D eigenvalue weighted by molar-refractivity contribution is 14.1. The first kappa shape index (κ1) is 20.9. The fourth-order valence-electron chi connectivity index (χ4n) is 2.24. The Labute approximate surface area is 180 Å². The van der Waals surface area contributed by atoms with Gasteiger partial charge in [-0.3, -0.25) is 9.79 Å². The Morgan fingerprint density at radius 3 is 2.77 bits per heavy atom. The van der Waals surface area contributed by atoms with E-state index < -0.39 is 0 Å². The van der Waals surface area contributed by atoms with Gasteiger partial charge in [0.1, 0.15) is 11.5 Å². The number of carbonyl (C=O) groups is 1. The lowest BCUT2D eigenvalue weighted by Crippen LogP contribution is -2.11. The second kappa shape index (κ2) is 10.1. The van der Waals surface area contributed by atoms with Gasteiger partial charge in [-0.05, 0) is 75.9 Å². The number of methoxy groups -OCH3 is 1. The number of hydrogen-bond acceptors (Lipinski definition) is 4. The summed E-state index contributed by atoms with van der Waals surface area (Å²) in [6, 6.07) is 9.08. The van der Waals surface area contributed by atoms with Gasteiger partial charge in [0, 0.05) is 27.8 Å².